The van der Waals surface area contributed by atoms with Crippen molar-refractivity contribution in [1.29, 1.82) is 5.26 Å². The molecular formula is C19H19N3O. The van der Waals surface area contributed by atoms with Crippen LogP contribution in [0.15, 0.2) is 47.6 Å². The predicted octanol–water partition coefficient (Wildman–Crippen LogP) is 3.26. The summed E-state index contributed by atoms with van der Waals surface area (Å²) in [5.41, 5.74) is 8.04. The number of benzene rings is 2. The highest BCUT2D eigenvalue weighted by Crippen LogP contribution is 2.11. The van der Waals surface area contributed by atoms with Gasteiger partial charge in [0.1, 0.15) is 0 Å². The number of nitrogens with one attached hydrogen (secondary N) is 1. The smallest absolute Gasteiger partial charge is 0.244 e. The fourth-order valence-electron chi connectivity index (χ4n) is 2.25. The lowest BCUT2D eigenvalue weighted by Gasteiger charge is -2.07. The Bertz CT molecular complexity index is 783. The summed E-state index contributed by atoms with van der Waals surface area (Å²) < 4.78 is 0. The number of hydrogen-bond acceptors (Lipinski definition) is 3. The monoisotopic (exact) mass is 305 g/mol. The van der Waals surface area contributed by atoms with Crippen molar-refractivity contribution in [3.63, 3.8) is 0 Å². The molecule has 0 saturated heterocycles. The zero-order valence-electron chi connectivity index (χ0n) is 13.6. The van der Waals surface area contributed by atoms with Crippen molar-refractivity contribution in [2.75, 3.05) is 0 Å². The fraction of sp³-hybridized carbons (Fsp3) is 0.211. The molecule has 0 heterocycles. The number of aryl methyl sites for hydroxylation is 2. The molecule has 0 spiro atoms. The molecule has 23 heavy (non-hydrogen) atoms. The zero-order valence-corrected chi connectivity index (χ0v) is 13.6. The average Bonchev–Trinajstić information content (AvgIpc) is 2.55. The van der Waals surface area contributed by atoms with Gasteiger partial charge in [0.25, 0.3) is 0 Å². The van der Waals surface area contributed by atoms with Crippen LogP contribution in [0.1, 0.15) is 34.7 Å². The van der Waals surface area contributed by atoms with Crippen LogP contribution in [0.2, 0.25) is 0 Å². The number of hydrazone groups is 1. The predicted molar refractivity (Wildman–Crippen MR) is 91.1 cm³/mol. The summed E-state index contributed by atoms with van der Waals surface area (Å²) in [7, 11) is 0. The van der Waals surface area contributed by atoms with E-state index in [0.29, 0.717) is 17.7 Å². The second-order valence-corrected chi connectivity index (χ2v) is 5.53. The SMILES string of the molecule is C/C(=N/NC(=O)Cc1ccc(C)cc1C)c1ccc(C#N)cc1. The summed E-state index contributed by atoms with van der Waals surface area (Å²) in [4.78, 5) is 12.0. The molecule has 0 bridgehead atoms. The van der Waals surface area contributed by atoms with Crippen LogP contribution in [0.25, 0.3) is 0 Å². The summed E-state index contributed by atoms with van der Waals surface area (Å²) in [5.74, 6) is -0.148. The van der Waals surface area contributed by atoms with E-state index >= 15 is 0 Å². The van der Waals surface area contributed by atoms with Crippen LogP contribution in [0, 0.1) is 25.2 Å². The molecule has 0 aliphatic rings. The number of carbonyl (C=O) groups is 1. The van der Waals surface area contributed by atoms with Crippen LogP contribution >= 0.6 is 0 Å². The minimum atomic E-state index is -0.148. The van der Waals surface area contributed by atoms with Crippen molar-refractivity contribution < 1.29 is 4.79 Å². The lowest BCUT2D eigenvalue weighted by Crippen LogP contribution is -2.21. The first kappa shape index (κ1) is 16.4. The topological polar surface area (TPSA) is 65.2 Å². The first-order valence-electron chi connectivity index (χ1n) is 7.39. The molecule has 1 N–H and O–H groups in total. The number of nitrogens with zero attached hydrogens (tertiary/aromatic N) is 2. The second kappa shape index (κ2) is 7.37. The fourth-order valence-corrected chi connectivity index (χ4v) is 2.25. The van der Waals surface area contributed by atoms with E-state index in [1.165, 1.54) is 5.56 Å². The normalized spacial score (nSPS) is 11.0. The van der Waals surface area contributed by atoms with E-state index in [4.69, 9.17) is 5.26 Å². The Morgan fingerprint density at radius 1 is 1.17 bits per heavy atom. The number of hydrogen-bond donors (Lipinski definition) is 1. The molecule has 116 valence electrons. The molecule has 0 saturated carbocycles. The van der Waals surface area contributed by atoms with E-state index in [2.05, 4.69) is 22.7 Å². The molecule has 2 rings (SSSR count). The van der Waals surface area contributed by atoms with Gasteiger partial charge in [0, 0.05) is 0 Å². The van der Waals surface area contributed by atoms with E-state index in [1.54, 1.807) is 12.1 Å². The van der Waals surface area contributed by atoms with E-state index in [1.807, 2.05) is 45.0 Å². The summed E-state index contributed by atoms with van der Waals surface area (Å²) in [6, 6.07) is 15.2. The van der Waals surface area contributed by atoms with Gasteiger partial charge in [-0.05, 0) is 49.6 Å². The molecule has 2 aromatic rings. The first-order chi connectivity index (χ1) is 11.0. The Kier molecular flexibility index (Phi) is 5.27. The summed E-state index contributed by atoms with van der Waals surface area (Å²) in [5, 5.41) is 12.9. The molecule has 0 aliphatic carbocycles. The molecule has 0 aromatic heterocycles. The van der Waals surface area contributed by atoms with Gasteiger partial charge >= 0.3 is 0 Å². The van der Waals surface area contributed by atoms with Crippen LogP contribution in [0.4, 0.5) is 0 Å². The Hall–Kier alpha value is -2.93. The molecule has 4 nitrogen and oxygen atoms in total. The molecule has 0 fully saturated rings. The van der Waals surface area contributed by atoms with Gasteiger partial charge in [0.05, 0.1) is 23.8 Å². The molecule has 0 atom stereocenters. The van der Waals surface area contributed by atoms with Crippen LogP contribution in [0.5, 0.6) is 0 Å². The standard InChI is InChI=1S/C19H19N3O/c1-13-4-7-18(14(2)10-13)11-19(23)22-21-15(3)17-8-5-16(12-20)6-9-17/h4-10H,11H2,1-3H3,(H,22,23)/b21-15-. The van der Waals surface area contributed by atoms with Crippen molar-refractivity contribution >= 4 is 11.6 Å². The quantitative estimate of drug-likeness (QED) is 0.696. The Labute approximate surface area is 136 Å². The van der Waals surface area contributed by atoms with Crippen LogP contribution in [-0.2, 0) is 11.2 Å². The summed E-state index contributed by atoms with van der Waals surface area (Å²) >= 11 is 0. The lowest BCUT2D eigenvalue weighted by atomic mass is 10.0. The highest BCUT2D eigenvalue weighted by atomic mass is 16.2. The van der Waals surface area contributed by atoms with Crippen molar-refractivity contribution in [3.8, 4) is 6.07 Å². The number of nitriles is 1. The maximum Gasteiger partial charge on any atom is 0.244 e. The van der Waals surface area contributed by atoms with Crippen LogP contribution in [0.3, 0.4) is 0 Å². The van der Waals surface area contributed by atoms with E-state index in [-0.39, 0.29) is 5.91 Å². The molecule has 4 heteroatoms. The Morgan fingerprint density at radius 3 is 2.48 bits per heavy atom. The molecule has 0 radical (unpaired) electrons. The maximum atomic E-state index is 12.0. The lowest BCUT2D eigenvalue weighted by molar-refractivity contribution is -0.120. The molecule has 1 amide bonds. The van der Waals surface area contributed by atoms with Crippen LogP contribution < -0.4 is 5.43 Å². The number of rotatable bonds is 4. The van der Waals surface area contributed by atoms with E-state index in [0.717, 1.165) is 16.7 Å². The maximum absolute atomic E-state index is 12.0. The van der Waals surface area contributed by atoms with E-state index < -0.39 is 0 Å². The van der Waals surface area contributed by atoms with Crippen molar-refractivity contribution in [3.05, 3.63) is 70.3 Å². The van der Waals surface area contributed by atoms with Crippen LogP contribution in [-0.4, -0.2) is 11.6 Å². The third kappa shape index (κ3) is 4.52. The molecule has 0 unspecified atom stereocenters. The number of carbonyl (C=O) groups excluding carboxylic acids is 1. The molecular weight excluding hydrogens is 286 g/mol. The highest BCUT2D eigenvalue weighted by Gasteiger charge is 2.06. The largest absolute Gasteiger partial charge is 0.273 e. The third-order valence-electron chi connectivity index (χ3n) is 3.63. The minimum absolute atomic E-state index is 0.148. The summed E-state index contributed by atoms with van der Waals surface area (Å²) in [6.45, 7) is 5.85. The Morgan fingerprint density at radius 2 is 1.87 bits per heavy atom. The van der Waals surface area contributed by atoms with Crippen molar-refractivity contribution in [1.82, 2.24) is 5.43 Å². The highest BCUT2D eigenvalue weighted by molar-refractivity contribution is 5.99. The molecule has 2 aromatic carbocycles. The van der Waals surface area contributed by atoms with Gasteiger partial charge in [-0.3, -0.25) is 4.79 Å². The zero-order chi connectivity index (χ0) is 16.8. The first-order valence-corrected chi connectivity index (χ1v) is 7.39. The van der Waals surface area contributed by atoms with E-state index in [9.17, 15) is 4.79 Å². The van der Waals surface area contributed by atoms with Crippen molar-refractivity contribution in [2.45, 2.75) is 27.2 Å². The van der Waals surface area contributed by atoms with Gasteiger partial charge in [-0.25, -0.2) is 5.43 Å². The summed E-state index contributed by atoms with van der Waals surface area (Å²) in [6.07, 6.45) is 0.302. The molecule has 0 aliphatic heterocycles. The minimum Gasteiger partial charge on any atom is -0.273 e. The third-order valence-corrected chi connectivity index (χ3v) is 3.63. The van der Waals surface area contributed by atoms with Gasteiger partial charge in [-0.2, -0.15) is 10.4 Å². The second-order valence-electron chi connectivity index (χ2n) is 5.53. The van der Waals surface area contributed by atoms with Gasteiger partial charge in [-0.15, -0.1) is 0 Å². The van der Waals surface area contributed by atoms with Gasteiger partial charge in [0.2, 0.25) is 5.91 Å². The van der Waals surface area contributed by atoms with Gasteiger partial charge in [-0.1, -0.05) is 35.9 Å². The average molecular weight is 305 g/mol. The van der Waals surface area contributed by atoms with Gasteiger partial charge in [0.15, 0.2) is 0 Å². The number of amides is 1. The van der Waals surface area contributed by atoms with Gasteiger partial charge < -0.3 is 0 Å². The Balaban J connectivity index is 2.00. The van der Waals surface area contributed by atoms with Crippen molar-refractivity contribution in [2.24, 2.45) is 5.10 Å².